The lowest BCUT2D eigenvalue weighted by molar-refractivity contribution is -0.113. The van der Waals surface area contributed by atoms with Crippen molar-refractivity contribution < 1.29 is 4.79 Å². The van der Waals surface area contributed by atoms with Crippen LogP contribution in [0, 0.1) is 6.92 Å². The van der Waals surface area contributed by atoms with Gasteiger partial charge in [0.25, 0.3) is 0 Å². The van der Waals surface area contributed by atoms with E-state index in [2.05, 4.69) is 15.5 Å². The molecule has 0 aliphatic rings. The summed E-state index contributed by atoms with van der Waals surface area (Å²) >= 11 is 5.42. The quantitative estimate of drug-likeness (QED) is 0.766. The number of rotatable bonds is 2. The number of H-pyrrole nitrogens is 1. The van der Waals surface area contributed by atoms with Crippen molar-refractivity contribution >= 4 is 34.1 Å². The zero-order valence-corrected chi connectivity index (χ0v) is 8.93. The van der Waals surface area contributed by atoms with Crippen molar-refractivity contribution in [1.82, 2.24) is 10.2 Å². The molecule has 1 aromatic heterocycles. The first kappa shape index (κ1) is 9.98. The number of alkyl halides is 1. The molecule has 0 radical (unpaired) electrons. The van der Waals surface area contributed by atoms with Gasteiger partial charge in [0.1, 0.15) is 5.88 Å². The summed E-state index contributed by atoms with van der Waals surface area (Å²) in [5.41, 5.74) is 2.65. The molecule has 1 amide bonds. The number of carbonyl (C=O) groups excluding carboxylic acids is 1. The molecular weight excluding hydrogens is 214 g/mol. The fraction of sp³-hybridized carbons (Fsp3) is 0.200. The molecule has 0 fully saturated rings. The molecule has 78 valence electrons. The molecular formula is C10H10ClN3O. The third-order valence-electron chi connectivity index (χ3n) is 2.23. The van der Waals surface area contributed by atoms with Crippen molar-refractivity contribution in [2.24, 2.45) is 0 Å². The number of anilines is 1. The zero-order valence-electron chi connectivity index (χ0n) is 8.17. The molecule has 2 aromatic rings. The molecule has 1 heterocycles. The van der Waals surface area contributed by atoms with Crippen LogP contribution in [0.5, 0.6) is 0 Å². The van der Waals surface area contributed by atoms with Crippen LogP contribution in [0.15, 0.2) is 18.3 Å². The highest BCUT2D eigenvalue weighted by Crippen LogP contribution is 2.23. The van der Waals surface area contributed by atoms with Crippen LogP contribution in [0.2, 0.25) is 0 Å². The number of benzene rings is 1. The second kappa shape index (κ2) is 3.90. The van der Waals surface area contributed by atoms with E-state index in [1.54, 1.807) is 6.20 Å². The van der Waals surface area contributed by atoms with Crippen LogP contribution in [-0.4, -0.2) is 22.0 Å². The van der Waals surface area contributed by atoms with Gasteiger partial charge in [-0.3, -0.25) is 9.89 Å². The SMILES string of the molecule is Cc1ccc(NC(=O)CCl)c2[nH]ncc12. The molecule has 1 aromatic carbocycles. The van der Waals surface area contributed by atoms with Crippen molar-refractivity contribution in [3.05, 3.63) is 23.9 Å². The molecule has 0 unspecified atom stereocenters. The number of aryl methyl sites for hydroxylation is 1. The Morgan fingerprint density at radius 3 is 3.13 bits per heavy atom. The normalized spacial score (nSPS) is 10.5. The van der Waals surface area contributed by atoms with Gasteiger partial charge in [0, 0.05) is 5.39 Å². The van der Waals surface area contributed by atoms with E-state index in [1.165, 1.54) is 0 Å². The number of nitrogens with one attached hydrogen (secondary N) is 2. The Labute approximate surface area is 91.6 Å². The number of carbonyl (C=O) groups is 1. The third-order valence-corrected chi connectivity index (χ3v) is 2.47. The fourth-order valence-corrected chi connectivity index (χ4v) is 1.53. The van der Waals surface area contributed by atoms with Crippen LogP contribution in [-0.2, 0) is 4.79 Å². The van der Waals surface area contributed by atoms with Gasteiger partial charge in [0.2, 0.25) is 5.91 Å². The van der Waals surface area contributed by atoms with Crippen molar-refractivity contribution in [3.63, 3.8) is 0 Å². The highest BCUT2D eigenvalue weighted by molar-refractivity contribution is 6.29. The second-order valence-corrected chi connectivity index (χ2v) is 3.54. The number of aromatic amines is 1. The Morgan fingerprint density at radius 1 is 1.60 bits per heavy atom. The summed E-state index contributed by atoms with van der Waals surface area (Å²) in [6, 6.07) is 3.77. The van der Waals surface area contributed by atoms with E-state index in [9.17, 15) is 4.79 Å². The van der Waals surface area contributed by atoms with E-state index >= 15 is 0 Å². The molecule has 0 aliphatic heterocycles. The van der Waals surface area contributed by atoms with Crippen LogP contribution < -0.4 is 5.32 Å². The third kappa shape index (κ3) is 1.80. The first-order valence-corrected chi connectivity index (χ1v) is 5.04. The maximum atomic E-state index is 11.2. The van der Waals surface area contributed by atoms with Crippen LogP contribution in [0.4, 0.5) is 5.69 Å². The molecule has 2 rings (SSSR count). The molecule has 2 N–H and O–H groups in total. The van der Waals surface area contributed by atoms with Crippen LogP contribution >= 0.6 is 11.6 Å². The van der Waals surface area contributed by atoms with Gasteiger partial charge in [-0.1, -0.05) is 6.07 Å². The summed E-state index contributed by atoms with van der Waals surface area (Å²) in [5, 5.41) is 10.5. The highest BCUT2D eigenvalue weighted by atomic mass is 35.5. The Bertz CT molecular complexity index is 506. The molecule has 4 nitrogen and oxygen atoms in total. The first-order valence-electron chi connectivity index (χ1n) is 4.51. The molecule has 5 heteroatoms. The van der Waals surface area contributed by atoms with Crippen LogP contribution in [0.1, 0.15) is 5.56 Å². The number of hydrogen-bond donors (Lipinski definition) is 2. The lowest BCUT2D eigenvalue weighted by atomic mass is 10.1. The number of nitrogens with zero attached hydrogens (tertiary/aromatic N) is 1. The minimum absolute atomic E-state index is 0.0521. The molecule has 0 bridgehead atoms. The number of halogens is 1. The van der Waals surface area contributed by atoms with Gasteiger partial charge in [-0.05, 0) is 18.6 Å². The average molecular weight is 224 g/mol. The predicted molar refractivity (Wildman–Crippen MR) is 60.2 cm³/mol. The van der Waals surface area contributed by atoms with E-state index in [4.69, 9.17) is 11.6 Å². The van der Waals surface area contributed by atoms with Crippen LogP contribution in [0.25, 0.3) is 10.9 Å². The Balaban J connectivity index is 2.48. The van der Waals surface area contributed by atoms with Gasteiger partial charge in [0.05, 0.1) is 17.4 Å². The van der Waals surface area contributed by atoms with Gasteiger partial charge in [0.15, 0.2) is 0 Å². The number of amides is 1. The minimum Gasteiger partial charge on any atom is -0.323 e. The van der Waals surface area contributed by atoms with Crippen molar-refractivity contribution in [1.29, 1.82) is 0 Å². The maximum Gasteiger partial charge on any atom is 0.239 e. The van der Waals surface area contributed by atoms with E-state index in [0.29, 0.717) is 5.69 Å². The molecule has 0 saturated carbocycles. The highest BCUT2D eigenvalue weighted by Gasteiger charge is 2.07. The largest absolute Gasteiger partial charge is 0.323 e. The van der Waals surface area contributed by atoms with Crippen molar-refractivity contribution in [2.45, 2.75) is 6.92 Å². The summed E-state index contributed by atoms with van der Waals surface area (Å²) in [4.78, 5) is 11.2. The molecule has 15 heavy (non-hydrogen) atoms. The van der Waals surface area contributed by atoms with Gasteiger partial charge in [-0.2, -0.15) is 5.10 Å². The summed E-state index contributed by atoms with van der Waals surface area (Å²) in [6.45, 7) is 1.99. The molecule has 0 spiro atoms. The topological polar surface area (TPSA) is 57.8 Å². The zero-order chi connectivity index (χ0) is 10.8. The minimum atomic E-state index is -0.226. The smallest absolute Gasteiger partial charge is 0.239 e. The average Bonchev–Trinajstić information content (AvgIpc) is 2.71. The fourth-order valence-electron chi connectivity index (χ4n) is 1.46. The van der Waals surface area contributed by atoms with Crippen molar-refractivity contribution in [2.75, 3.05) is 11.2 Å². The van der Waals surface area contributed by atoms with E-state index in [-0.39, 0.29) is 11.8 Å². The first-order chi connectivity index (χ1) is 7.22. The van der Waals surface area contributed by atoms with Gasteiger partial charge in [-0.25, -0.2) is 0 Å². The number of fused-ring (bicyclic) bond motifs is 1. The monoisotopic (exact) mass is 223 g/mol. The lowest BCUT2D eigenvalue weighted by Crippen LogP contribution is -2.12. The van der Waals surface area contributed by atoms with E-state index in [0.717, 1.165) is 16.5 Å². The van der Waals surface area contributed by atoms with Crippen molar-refractivity contribution in [3.8, 4) is 0 Å². The van der Waals surface area contributed by atoms with Gasteiger partial charge >= 0.3 is 0 Å². The van der Waals surface area contributed by atoms with Gasteiger partial charge < -0.3 is 5.32 Å². The molecule has 0 saturated heterocycles. The molecule has 0 aliphatic carbocycles. The molecule has 0 atom stereocenters. The Morgan fingerprint density at radius 2 is 2.40 bits per heavy atom. The Hall–Kier alpha value is -1.55. The van der Waals surface area contributed by atoms with E-state index < -0.39 is 0 Å². The van der Waals surface area contributed by atoms with Crippen LogP contribution in [0.3, 0.4) is 0 Å². The second-order valence-electron chi connectivity index (χ2n) is 3.27. The number of aromatic nitrogens is 2. The van der Waals surface area contributed by atoms with E-state index in [1.807, 2.05) is 19.1 Å². The Kier molecular flexibility index (Phi) is 2.60. The summed E-state index contributed by atoms with van der Waals surface area (Å²) in [6.07, 6.45) is 1.74. The maximum absolute atomic E-state index is 11.2. The predicted octanol–water partition coefficient (Wildman–Crippen LogP) is 2.05. The summed E-state index contributed by atoms with van der Waals surface area (Å²) in [7, 11) is 0. The van der Waals surface area contributed by atoms with Gasteiger partial charge in [-0.15, -0.1) is 11.6 Å². The summed E-state index contributed by atoms with van der Waals surface area (Å²) < 4.78 is 0. The summed E-state index contributed by atoms with van der Waals surface area (Å²) in [5.74, 6) is -0.278. The standard InChI is InChI=1S/C10H10ClN3O/c1-6-2-3-8(13-9(15)4-11)10-7(6)5-12-14-10/h2-3,5H,4H2,1H3,(H,12,14)(H,13,15). The lowest BCUT2D eigenvalue weighted by Gasteiger charge is -2.05. The number of hydrogen-bond acceptors (Lipinski definition) is 2.